The van der Waals surface area contributed by atoms with E-state index in [2.05, 4.69) is 4.98 Å². The fraction of sp³-hybridized carbons (Fsp3) is 0.840. The Labute approximate surface area is 209 Å². The molecule has 1 saturated carbocycles. The molecule has 2 fully saturated rings. The number of aliphatic hydroxyl groups is 1. The van der Waals surface area contributed by atoms with Gasteiger partial charge in [-0.2, -0.15) is 0 Å². The van der Waals surface area contributed by atoms with Crippen LogP contribution in [0.4, 0.5) is 0 Å². The van der Waals surface area contributed by atoms with E-state index in [4.69, 9.17) is 14.2 Å². The van der Waals surface area contributed by atoms with E-state index in [1.54, 1.807) is 27.1 Å². The first kappa shape index (κ1) is 28.1. The van der Waals surface area contributed by atoms with E-state index in [1.807, 2.05) is 34.6 Å². The van der Waals surface area contributed by atoms with Crippen molar-refractivity contribution in [3.05, 3.63) is 12.4 Å². The van der Waals surface area contributed by atoms with Crippen LogP contribution in [0.1, 0.15) is 74.1 Å². The number of ether oxygens (including phenoxy) is 3. The zero-order valence-electron chi connectivity index (χ0n) is 22.3. The fourth-order valence-corrected chi connectivity index (χ4v) is 7.51. The van der Waals surface area contributed by atoms with Crippen LogP contribution in [0.25, 0.3) is 0 Å². The van der Waals surface area contributed by atoms with Crippen LogP contribution in [-0.4, -0.2) is 64.5 Å². The summed E-state index contributed by atoms with van der Waals surface area (Å²) in [6.07, 6.45) is 4.17. The Morgan fingerprint density at radius 1 is 1.26 bits per heavy atom. The Morgan fingerprint density at radius 2 is 1.86 bits per heavy atom. The number of nitrogens with zero attached hydrogens (tertiary/aromatic N) is 2. The van der Waals surface area contributed by atoms with Crippen molar-refractivity contribution in [1.82, 2.24) is 9.55 Å². The van der Waals surface area contributed by atoms with Gasteiger partial charge in [-0.15, -0.1) is 0 Å². The van der Waals surface area contributed by atoms with Gasteiger partial charge in [-0.25, -0.2) is 13.4 Å². The molecule has 1 aliphatic heterocycles. The molecule has 1 N–H and O–H groups in total. The van der Waals surface area contributed by atoms with Gasteiger partial charge in [0.1, 0.15) is 5.60 Å². The van der Waals surface area contributed by atoms with Crippen molar-refractivity contribution in [3.63, 3.8) is 0 Å². The zero-order valence-corrected chi connectivity index (χ0v) is 23.1. The molecule has 2 heterocycles. The van der Waals surface area contributed by atoms with E-state index in [1.165, 1.54) is 10.8 Å². The minimum atomic E-state index is -3.98. The molecule has 0 aromatic carbocycles. The van der Waals surface area contributed by atoms with E-state index in [0.29, 0.717) is 26.1 Å². The lowest BCUT2D eigenvalue weighted by Crippen LogP contribution is -2.46. The average molecular weight is 515 g/mol. The lowest BCUT2D eigenvalue weighted by molar-refractivity contribution is -0.157. The average Bonchev–Trinajstić information content (AvgIpc) is 3.05. The summed E-state index contributed by atoms with van der Waals surface area (Å²) in [5.41, 5.74) is -2.41. The molecular formula is C25H42N2O7S. The Balaban J connectivity index is 1.79. The number of carbonyl (C=O) groups is 1. The molecule has 1 aromatic rings. The third kappa shape index (κ3) is 6.09. The number of hydrogen-bond donors (Lipinski definition) is 1. The van der Waals surface area contributed by atoms with Gasteiger partial charge in [0.15, 0.2) is 5.79 Å². The van der Waals surface area contributed by atoms with Crippen molar-refractivity contribution < 1.29 is 32.5 Å². The molecule has 2 aliphatic rings. The van der Waals surface area contributed by atoms with Gasteiger partial charge in [-0.3, -0.25) is 4.79 Å². The predicted molar refractivity (Wildman–Crippen MR) is 130 cm³/mol. The smallest absolute Gasteiger partial charge is 0.310 e. The lowest BCUT2D eigenvalue weighted by Gasteiger charge is -2.34. The topological polar surface area (TPSA) is 117 Å². The third-order valence-corrected chi connectivity index (χ3v) is 9.93. The minimum Gasteiger partial charge on any atom is -0.460 e. The second-order valence-corrected chi connectivity index (χ2v) is 14.1. The summed E-state index contributed by atoms with van der Waals surface area (Å²) < 4.78 is 45.8. The summed E-state index contributed by atoms with van der Waals surface area (Å²) in [5, 5.41) is 10.4. The molecule has 4 atom stereocenters. The van der Waals surface area contributed by atoms with Crippen LogP contribution in [0, 0.1) is 17.3 Å². The number of rotatable bonds is 10. The molecule has 9 nitrogen and oxygen atoms in total. The monoisotopic (exact) mass is 514 g/mol. The number of esters is 1. The van der Waals surface area contributed by atoms with Gasteiger partial charge in [0, 0.05) is 25.9 Å². The minimum absolute atomic E-state index is 0.000596. The highest BCUT2D eigenvalue weighted by atomic mass is 32.2. The van der Waals surface area contributed by atoms with Crippen LogP contribution in [0.15, 0.2) is 17.6 Å². The van der Waals surface area contributed by atoms with Gasteiger partial charge in [0.05, 0.1) is 30.0 Å². The number of imidazole rings is 1. The Hall–Kier alpha value is -1.49. The molecule has 0 bridgehead atoms. The SMILES string of the molecule is Cn1ccnc1S(=O)(=O)C(CCC1(C)OCCO1)C(C)(O)CC[C@@H]1[C@@H](C(=O)OC(C)(C)C)C1(C)C. The summed E-state index contributed by atoms with van der Waals surface area (Å²) in [6.45, 7) is 13.8. The third-order valence-electron chi connectivity index (χ3n) is 7.53. The van der Waals surface area contributed by atoms with Crippen LogP contribution in [0.3, 0.4) is 0 Å². The van der Waals surface area contributed by atoms with E-state index in [0.717, 1.165) is 0 Å². The number of aromatic nitrogens is 2. The maximum Gasteiger partial charge on any atom is 0.310 e. The molecular weight excluding hydrogens is 472 g/mol. The summed E-state index contributed by atoms with van der Waals surface area (Å²) >= 11 is 0. The Bertz CT molecular complexity index is 1020. The maximum absolute atomic E-state index is 13.7. The number of sulfone groups is 1. The molecule has 200 valence electrons. The van der Waals surface area contributed by atoms with E-state index in [-0.39, 0.29) is 41.2 Å². The summed E-state index contributed by atoms with van der Waals surface area (Å²) in [4.78, 5) is 16.8. The van der Waals surface area contributed by atoms with Crippen molar-refractivity contribution >= 4 is 15.8 Å². The normalized spacial score (nSPS) is 26.2. The highest BCUT2D eigenvalue weighted by Crippen LogP contribution is 2.61. The first-order valence-corrected chi connectivity index (χ1v) is 13.9. The number of hydrogen-bond acceptors (Lipinski definition) is 8. The lowest BCUT2D eigenvalue weighted by atomic mass is 9.89. The molecule has 0 spiro atoms. The van der Waals surface area contributed by atoms with E-state index in [9.17, 15) is 18.3 Å². The fourth-order valence-electron chi connectivity index (χ4n) is 5.37. The molecule has 3 rings (SSSR count). The van der Waals surface area contributed by atoms with Gasteiger partial charge < -0.3 is 23.9 Å². The standard InChI is InChI=1S/C25H42N2O7S/c1-22(2,3)34-20(28)19-17(23(19,4)5)9-11-24(6,29)18(10-12-25(7)32-15-16-33-25)35(30,31)21-26-13-14-27(21)8/h13-14,17-19,29H,9-12,15-16H2,1-8H3/t17-,18?,19+,24?/m1/s1. The Kier molecular flexibility index (Phi) is 7.57. The van der Waals surface area contributed by atoms with Crippen molar-refractivity contribution in [3.8, 4) is 0 Å². The number of aryl methyl sites for hydroxylation is 1. The van der Waals surface area contributed by atoms with Crippen molar-refractivity contribution in [1.29, 1.82) is 0 Å². The van der Waals surface area contributed by atoms with E-state index >= 15 is 0 Å². The molecule has 35 heavy (non-hydrogen) atoms. The van der Waals surface area contributed by atoms with Crippen LogP contribution in [0.2, 0.25) is 0 Å². The van der Waals surface area contributed by atoms with E-state index < -0.39 is 32.1 Å². The van der Waals surface area contributed by atoms with Crippen molar-refractivity contribution in [2.45, 2.75) is 102 Å². The molecule has 1 aliphatic carbocycles. The molecule has 10 heteroatoms. The second-order valence-electron chi connectivity index (χ2n) is 12.1. The van der Waals surface area contributed by atoms with Crippen molar-refractivity contribution in [2.75, 3.05) is 13.2 Å². The molecule has 0 amide bonds. The van der Waals surface area contributed by atoms with Gasteiger partial charge in [0.2, 0.25) is 15.0 Å². The second kappa shape index (κ2) is 9.43. The number of carbonyl (C=O) groups excluding carboxylic acids is 1. The van der Waals surface area contributed by atoms with Gasteiger partial charge in [-0.1, -0.05) is 13.8 Å². The zero-order chi connectivity index (χ0) is 26.4. The maximum atomic E-state index is 13.7. The van der Waals surface area contributed by atoms with Crippen LogP contribution in [0.5, 0.6) is 0 Å². The quantitative estimate of drug-likeness (QED) is 0.473. The first-order valence-electron chi connectivity index (χ1n) is 12.4. The largest absolute Gasteiger partial charge is 0.460 e. The van der Waals surface area contributed by atoms with Crippen LogP contribution in [-0.2, 0) is 35.9 Å². The molecule has 2 unspecified atom stereocenters. The molecule has 1 aromatic heterocycles. The highest BCUT2D eigenvalue weighted by Gasteiger charge is 2.63. The molecule has 1 saturated heterocycles. The van der Waals surface area contributed by atoms with Gasteiger partial charge in [-0.05, 0) is 65.2 Å². The van der Waals surface area contributed by atoms with Crippen LogP contribution < -0.4 is 0 Å². The predicted octanol–water partition coefficient (Wildman–Crippen LogP) is 3.25. The van der Waals surface area contributed by atoms with Crippen LogP contribution >= 0.6 is 0 Å². The first-order chi connectivity index (χ1) is 15.9. The van der Waals surface area contributed by atoms with Gasteiger partial charge >= 0.3 is 5.97 Å². The highest BCUT2D eigenvalue weighted by molar-refractivity contribution is 7.92. The van der Waals surface area contributed by atoms with Crippen molar-refractivity contribution in [2.24, 2.45) is 24.3 Å². The Morgan fingerprint density at radius 3 is 2.37 bits per heavy atom. The van der Waals surface area contributed by atoms with Gasteiger partial charge in [0.25, 0.3) is 0 Å². The molecule has 0 radical (unpaired) electrons. The summed E-state index contributed by atoms with van der Waals surface area (Å²) in [7, 11) is -2.36. The summed E-state index contributed by atoms with van der Waals surface area (Å²) in [6, 6.07) is 0. The summed E-state index contributed by atoms with van der Waals surface area (Å²) in [5.74, 6) is -1.40.